The second-order valence-electron chi connectivity index (χ2n) is 5.20. The Kier molecular flexibility index (Phi) is 3.53. The van der Waals surface area contributed by atoms with Gasteiger partial charge in [0.2, 0.25) is 0 Å². The SMILES string of the molecule is NC(=O)c1cc2c([nH]c1=O)CCN(Cc1cccnc1)C2. The van der Waals surface area contributed by atoms with Gasteiger partial charge < -0.3 is 10.7 Å². The normalized spacial score (nSPS) is 14.7. The fourth-order valence-corrected chi connectivity index (χ4v) is 2.63. The molecule has 2 aromatic heterocycles. The Bertz CT molecular complexity index is 724. The number of nitrogens with one attached hydrogen (secondary N) is 1. The average Bonchev–Trinajstić information content (AvgIpc) is 2.47. The number of hydrogen-bond donors (Lipinski definition) is 2. The van der Waals surface area contributed by atoms with Crippen molar-refractivity contribution in [2.75, 3.05) is 6.54 Å². The molecule has 1 aliphatic heterocycles. The largest absolute Gasteiger partial charge is 0.365 e. The van der Waals surface area contributed by atoms with Crippen molar-refractivity contribution in [3.8, 4) is 0 Å². The first-order valence-corrected chi connectivity index (χ1v) is 6.79. The molecule has 0 spiro atoms. The zero-order chi connectivity index (χ0) is 14.8. The van der Waals surface area contributed by atoms with Crippen LogP contribution in [0.25, 0.3) is 0 Å². The summed E-state index contributed by atoms with van der Waals surface area (Å²) in [6.45, 7) is 2.33. The maximum Gasteiger partial charge on any atom is 0.261 e. The first-order chi connectivity index (χ1) is 10.1. The molecule has 2 aromatic rings. The number of aromatic amines is 1. The van der Waals surface area contributed by atoms with Crippen molar-refractivity contribution in [2.45, 2.75) is 19.5 Å². The van der Waals surface area contributed by atoms with Crippen LogP contribution in [0.5, 0.6) is 0 Å². The third-order valence-electron chi connectivity index (χ3n) is 3.68. The molecule has 108 valence electrons. The van der Waals surface area contributed by atoms with Crippen molar-refractivity contribution in [2.24, 2.45) is 5.73 Å². The topological polar surface area (TPSA) is 92.1 Å². The van der Waals surface area contributed by atoms with Gasteiger partial charge in [0.15, 0.2) is 0 Å². The smallest absolute Gasteiger partial charge is 0.261 e. The van der Waals surface area contributed by atoms with E-state index in [0.717, 1.165) is 36.3 Å². The Balaban J connectivity index is 1.83. The summed E-state index contributed by atoms with van der Waals surface area (Å²) in [6.07, 6.45) is 4.35. The van der Waals surface area contributed by atoms with Gasteiger partial charge in [0.05, 0.1) is 0 Å². The molecule has 1 aliphatic rings. The molecule has 3 rings (SSSR count). The highest BCUT2D eigenvalue weighted by Gasteiger charge is 2.20. The fraction of sp³-hybridized carbons (Fsp3) is 0.267. The zero-order valence-corrected chi connectivity index (χ0v) is 11.5. The van der Waals surface area contributed by atoms with Crippen LogP contribution in [0.2, 0.25) is 0 Å². The molecule has 3 N–H and O–H groups in total. The van der Waals surface area contributed by atoms with Gasteiger partial charge in [0.25, 0.3) is 11.5 Å². The second kappa shape index (κ2) is 5.49. The highest BCUT2D eigenvalue weighted by Crippen LogP contribution is 2.18. The molecule has 1 amide bonds. The van der Waals surface area contributed by atoms with E-state index in [1.165, 1.54) is 0 Å². The van der Waals surface area contributed by atoms with Gasteiger partial charge in [-0.25, -0.2) is 0 Å². The third kappa shape index (κ3) is 2.85. The minimum absolute atomic E-state index is 0.0250. The lowest BCUT2D eigenvalue weighted by Gasteiger charge is -2.28. The van der Waals surface area contributed by atoms with Gasteiger partial charge in [-0.2, -0.15) is 0 Å². The van der Waals surface area contributed by atoms with Gasteiger partial charge in [-0.05, 0) is 23.3 Å². The van der Waals surface area contributed by atoms with Crippen molar-refractivity contribution in [1.82, 2.24) is 14.9 Å². The molecule has 0 atom stereocenters. The zero-order valence-electron chi connectivity index (χ0n) is 11.5. The van der Waals surface area contributed by atoms with E-state index in [1.807, 2.05) is 18.3 Å². The molecule has 21 heavy (non-hydrogen) atoms. The minimum atomic E-state index is -0.691. The van der Waals surface area contributed by atoms with Crippen molar-refractivity contribution < 1.29 is 4.79 Å². The van der Waals surface area contributed by atoms with Crippen molar-refractivity contribution >= 4 is 5.91 Å². The number of primary amides is 1. The maximum absolute atomic E-state index is 11.7. The first kappa shape index (κ1) is 13.5. The van der Waals surface area contributed by atoms with Crippen LogP contribution in [0.4, 0.5) is 0 Å². The third-order valence-corrected chi connectivity index (χ3v) is 3.68. The van der Waals surface area contributed by atoms with Crippen LogP contribution in [-0.2, 0) is 19.5 Å². The van der Waals surface area contributed by atoms with Gasteiger partial charge in [0.1, 0.15) is 5.56 Å². The number of pyridine rings is 2. The average molecular weight is 284 g/mol. The summed E-state index contributed by atoms with van der Waals surface area (Å²) in [5.41, 5.74) is 7.84. The van der Waals surface area contributed by atoms with Crippen LogP contribution in [0.1, 0.15) is 27.2 Å². The van der Waals surface area contributed by atoms with Crippen LogP contribution < -0.4 is 11.3 Å². The summed E-state index contributed by atoms with van der Waals surface area (Å²) in [6, 6.07) is 5.56. The van der Waals surface area contributed by atoms with E-state index in [-0.39, 0.29) is 5.56 Å². The lowest BCUT2D eigenvalue weighted by Crippen LogP contribution is -2.34. The molecular weight excluding hydrogens is 268 g/mol. The molecule has 0 bridgehead atoms. The Morgan fingerprint density at radius 3 is 3.05 bits per heavy atom. The predicted octanol–water partition coefficient (Wildman–Crippen LogP) is 0.427. The Morgan fingerprint density at radius 2 is 2.33 bits per heavy atom. The number of hydrogen-bond acceptors (Lipinski definition) is 4. The van der Waals surface area contributed by atoms with Crippen LogP contribution in [0.15, 0.2) is 35.4 Å². The van der Waals surface area contributed by atoms with E-state index < -0.39 is 11.5 Å². The van der Waals surface area contributed by atoms with Gasteiger partial charge >= 0.3 is 0 Å². The number of nitrogens with zero attached hydrogens (tertiary/aromatic N) is 2. The molecular formula is C15H16N4O2. The van der Waals surface area contributed by atoms with E-state index >= 15 is 0 Å². The number of nitrogens with two attached hydrogens (primary N) is 1. The number of carbonyl (C=O) groups excluding carboxylic acids is 1. The van der Waals surface area contributed by atoms with Crippen molar-refractivity contribution in [3.63, 3.8) is 0 Å². The highest BCUT2D eigenvalue weighted by molar-refractivity contribution is 5.92. The molecule has 0 fully saturated rings. The summed E-state index contributed by atoms with van der Waals surface area (Å²) < 4.78 is 0. The summed E-state index contributed by atoms with van der Waals surface area (Å²) >= 11 is 0. The lowest BCUT2D eigenvalue weighted by molar-refractivity contribution is 0.0998. The van der Waals surface area contributed by atoms with E-state index in [0.29, 0.717) is 6.54 Å². The molecule has 6 nitrogen and oxygen atoms in total. The molecule has 0 saturated carbocycles. The summed E-state index contributed by atoms with van der Waals surface area (Å²) in [7, 11) is 0. The molecule has 0 aromatic carbocycles. The van der Waals surface area contributed by atoms with E-state index in [9.17, 15) is 9.59 Å². The maximum atomic E-state index is 11.7. The van der Waals surface area contributed by atoms with Gasteiger partial charge in [-0.1, -0.05) is 6.07 Å². The summed E-state index contributed by atoms with van der Waals surface area (Å²) in [5.74, 6) is -0.691. The van der Waals surface area contributed by atoms with Crippen LogP contribution in [-0.4, -0.2) is 27.3 Å². The van der Waals surface area contributed by atoms with Gasteiger partial charge in [-0.3, -0.25) is 19.5 Å². The Hall–Kier alpha value is -2.47. The minimum Gasteiger partial charge on any atom is -0.365 e. The van der Waals surface area contributed by atoms with Crippen molar-refractivity contribution in [1.29, 1.82) is 0 Å². The van der Waals surface area contributed by atoms with Crippen LogP contribution >= 0.6 is 0 Å². The quantitative estimate of drug-likeness (QED) is 0.854. The number of carbonyl (C=O) groups is 1. The summed E-state index contributed by atoms with van der Waals surface area (Å²) in [5, 5.41) is 0. The number of fused-ring (bicyclic) bond motifs is 1. The van der Waals surface area contributed by atoms with Crippen molar-refractivity contribution in [3.05, 3.63) is 63.3 Å². The standard InChI is InChI=1S/C15H16N4O2/c16-14(20)12-6-11-9-19(5-3-13(11)18-15(12)21)8-10-2-1-4-17-7-10/h1-2,4,6-7H,3,5,8-9H2,(H2,16,20)(H,18,21). The molecule has 0 unspecified atom stereocenters. The molecule has 3 heterocycles. The number of H-pyrrole nitrogens is 1. The Morgan fingerprint density at radius 1 is 1.48 bits per heavy atom. The van der Waals surface area contributed by atoms with E-state index in [4.69, 9.17) is 5.73 Å². The molecule has 0 saturated heterocycles. The highest BCUT2D eigenvalue weighted by atomic mass is 16.2. The molecule has 0 aliphatic carbocycles. The first-order valence-electron chi connectivity index (χ1n) is 6.79. The number of aromatic nitrogens is 2. The lowest BCUT2D eigenvalue weighted by atomic mass is 10.0. The number of amides is 1. The second-order valence-corrected chi connectivity index (χ2v) is 5.20. The fourth-order valence-electron chi connectivity index (χ4n) is 2.63. The van der Waals surface area contributed by atoms with Gasteiger partial charge in [0, 0.05) is 44.1 Å². The van der Waals surface area contributed by atoms with E-state index in [1.54, 1.807) is 12.3 Å². The molecule has 6 heteroatoms. The van der Waals surface area contributed by atoms with Gasteiger partial charge in [-0.15, -0.1) is 0 Å². The summed E-state index contributed by atoms with van der Waals surface area (Å²) in [4.78, 5) is 32.1. The molecule has 0 radical (unpaired) electrons. The number of rotatable bonds is 3. The monoisotopic (exact) mass is 284 g/mol. The predicted molar refractivity (Wildman–Crippen MR) is 77.6 cm³/mol. The van der Waals surface area contributed by atoms with Crippen LogP contribution in [0, 0.1) is 0 Å². The van der Waals surface area contributed by atoms with E-state index in [2.05, 4.69) is 14.9 Å². The van der Waals surface area contributed by atoms with Crippen LogP contribution in [0.3, 0.4) is 0 Å². The Labute approximate surface area is 121 Å².